The Labute approximate surface area is 205 Å². The molecule has 35 heavy (non-hydrogen) atoms. The number of hydrogen-bond donors (Lipinski definition) is 2. The highest BCUT2D eigenvalue weighted by Crippen LogP contribution is 2.37. The summed E-state index contributed by atoms with van der Waals surface area (Å²) in [5.74, 6) is -0.589. The molecule has 4 aromatic rings. The summed E-state index contributed by atoms with van der Waals surface area (Å²) in [5, 5.41) is 4.00. The summed E-state index contributed by atoms with van der Waals surface area (Å²) in [6.07, 6.45) is 10.2. The molecule has 0 aliphatic heterocycles. The largest absolute Gasteiger partial charge is 0.465 e. The summed E-state index contributed by atoms with van der Waals surface area (Å²) < 4.78 is 4.80. The molecule has 1 heterocycles. The van der Waals surface area contributed by atoms with Crippen LogP contribution >= 0.6 is 0 Å². The van der Waals surface area contributed by atoms with E-state index >= 15 is 0 Å². The molecule has 0 saturated carbocycles. The van der Waals surface area contributed by atoms with E-state index in [4.69, 9.17) is 4.74 Å². The van der Waals surface area contributed by atoms with E-state index in [2.05, 4.69) is 60.9 Å². The maximum atomic E-state index is 11.9. The van der Waals surface area contributed by atoms with E-state index in [0.717, 1.165) is 51.0 Å². The molecular weight excluding hydrogens is 436 g/mol. The van der Waals surface area contributed by atoms with Gasteiger partial charge in [-0.1, -0.05) is 49.9 Å². The number of benzene rings is 3. The standard InChI is InChI=1S/C28H26N2O3.C2H2/c1-5-18-14-15-22(21-8-7-9-24(17(21)3)29-26(31)6-2)23-16-25(30-27(18)23)19-10-12-20(13-11-19)28(32)33-4;1-2/h6-16,30H,2,5H2,1,3-4H3,(H,29,31);1-2H. The van der Waals surface area contributed by atoms with Gasteiger partial charge in [-0.2, -0.15) is 0 Å². The van der Waals surface area contributed by atoms with Crippen LogP contribution in [0.15, 0.2) is 73.3 Å². The van der Waals surface area contributed by atoms with Gasteiger partial charge in [0.05, 0.1) is 12.7 Å². The smallest absolute Gasteiger partial charge is 0.337 e. The lowest BCUT2D eigenvalue weighted by Crippen LogP contribution is -2.08. The molecule has 0 spiro atoms. The number of terminal acetylenes is 1. The van der Waals surface area contributed by atoms with Crippen LogP contribution in [0.25, 0.3) is 33.3 Å². The summed E-state index contributed by atoms with van der Waals surface area (Å²) in [6, 6.07) is 19.7. The first kappa shape index (κ1) is 25.1. The summed E-state index contributed by atoms with van der Waals surface area (Å²) >= 11 is 0. The lowest BCUT2D eigenvalue weighted by atomic mass is 9.94. The van der Waals surface area contributed by atoms with Gasteiger partial charge in [0, 0.05) is 22.3 Å². The number of ether oxygens (including phenoxy) is 1. The highest BCUT2D eigenvalue weighted by molar-refractivity contribution is 6.03. The van der Waals surface area contributed by atoms with Crippen molar-refractivity contribution < 1.29 is 14.3 Å². The van der Waals surface area contributed by atoms with Gasteiger partial charge < -0.3 is 15.0 Å². The third-order valence-electron chi connectivity index (χ3n) is 5.95. The Morgan fingerprint density at radius 1 is 1.06 bits per heavy atom. The number of carbonyl (C=O) groups excluding carboxylic acids is 2. The Hall–Kier alpha value is -4.56. The number of fused-ring (bicyclic) bond motifs is 1. The minimum atomic E-state index is -0.354. The van der Waals surface area contributed by atoms with Gasteiger partial charge in [0.15, 0.2) is 0 Å². The van der Waals surface area contributed by atoms with Crippen molar-refractivity contribution in [2.45, 2.75) is 20.3 Å². The number of esters is 1. The molecule has 0 atom stereocenters. The second-order valence-electron chi connectivity index (χ2n) is 7.84. The zero-order chi connectivity index (χ0) is 25.5. The first-order chi connectivity index (χ1) is 17.0. The normalized spacial score (nSPS) is 10.2. The number of rotatable bonds is 6. The van der Waals surface area contributed by atoms with E-state index in [1.54, 1.807) is 12.1 Å². The minimum absolute atomic E-state index is 0.235. The molecule has 0 bridgehead atoms. The van der Waals surface area contributed by atoms with E-state index in [-0.39, 0.29) is 11.9 Å². The zero-order valence-corrected chi connectivity index (χ0v) is 20.1. The van der Waals surface area contributed by atoms with Crippen molar-refractivity contribution in [1.82, 2.24) is 4.98 Å². The number of H-pyrrole nitrogens is 1. The second kappa shape index (κ2) is 11.0. The Morgan fingerprint density at radius 2 is 1.77 bits per heavy atom. The predicted molar refractivity (Wildman–Crippen MR) is 143 cm³/mol. The highest BCUT2D eigenvalue weighted by Gasteiger charge is 2.15. The third kappa shape index (κ3) is 5.02. The molecule has 4 rings (SSSR count). The van der Waals surface area contributed by atoms with E-state index in [1.165, 1.54) is 18.7 Å². The third-order valence-corrected chi connectivity index (χ3v) is 5.95. The van der Waals surface area contributed by atoms with Crippen molar-refractivity contribution in [3.63, 3.8) is 0 Å². The van der Waals surface area contributed by atoms with Gasteiger partial charge >= 0.3 is 5.97 Å². The van der Waals surface area contributed by atoms with Gasteiger partial charge in [-0.05, 0) is 71.5 Å². The maximum absolute atomic E-state index is 11.9. The van der Waals surface area contributed by atoms with Crippen LogP contribution in [-0.2, 0) is 16.0 Å². The lowest BCUT2D eigenvalue weighted by molar-refractivity contribution is -0.111. The molecule has 0 aliphatic rings. The van der Waals surface area contributed by atoms with Crippen molar-refractivity contribution in [3.8, 4) is 35.2 Å². The summed E-state index contributed by atoms with van der Waals surface area (Å²) in [7, 11) is 1.38. The van der Waals surface area contributed by atoms with E-state index < -0.39 is 0 Å². The number of aromatic amines is 1. The minimum Gasteiger partial charge on any atom is -0.465 e. The quantitative estimate of drug-likeness (QED) is 0.193. The molecular formula is C30H28N2O3. The molecule has 5 nitrogen and oxygen atoms in total. The molecule has 1 amide bonds. The number of methoxy groups -OCH3 is 1. The van der Waals surface area contributed by atoms with Gasteiger partial charge in [-0.3, -0.25) is 4.79 Å². The number of anilines is 1. The highest BCUT2D eigenvalue weighted by atomic mass is 16.5. The predicted octanol–water partition coefficient (Wildman–Crippen LogP) is 6.53. The van der Waals surface area contributed by atoms with Crippen LogP contribution in [-0.4, -0.2) is 24.0 Å². The molecule has 176 valence electrons. The Balaban J connectivity index is 0.00000167. The number of carbonyl (C=O) groups is 2. The molecule has 0 unspecified atom stereocenters. The van der Waals surface area contributed by atoms with Crippen molar-refractivity contribution in [1.29, 1.82) is 0 Å². The van der Waals surface area contributed by atoms with Crippen LogP contribution < -0.4 is 5.32 Å². The SMILES string of the molecule is C#C.C=CC(=O)Nc1cccc(-c2ccc(CC)c3[nH]c(-c4ccc(C(=O)OC)cc4)cc23)c1C. The van der Waals surface area contributed by atoms with E-state index in [9.17, 15) is 9.59 Å². The van der Waals surface area contributed by atoms with Gasteiger partial charge in [0.1, 0.15) is 0 Å². The molecule has 0 saturated heterocycles. The first-order valence-electron chi connectivity index (χ1n) is 11.2. The number of aryl methyl sites for hydroxylation is 1. The van der Waals surface area contributed by atoms with E-state index in [1.807, 2.05) is 31.2 Å². The molecule has 0 radical (unpaired) electrons. The van der Waals surface area contributed by atoms with Crippen LogP contribution in [0.5, 0.6) is 0 Å². The first-order valence-corrected chi connectivity index (χ1v) is 11.2. The van der Waals surface area contributed by atoms with Crippen molar-refractivity contribution in [2.24, 2.45) is 0 Å². The Bertz CT molecular complexity index is 1410. The monoisotopic (exact) mass is 464 g/mol. The number of aromatic nitrogens is 1. The molecule has 0 fully saturated rings. The summed E-state index contributed by atoms with van der Waals surface area (Å²) in [4.78, 5) is 27.2. The number of amides is 1. The molecule has 3 aromatic carbocycles. The Morgan fingerprint density at radius 3 is 2.40 bits per heavy atom. The second-order valence-corrected chi connectivity index (χ2v) is 7.84. The van der Waals surface area contributed by atoms with Gasteiger partial charge in [-0.15, -0.1) is 12.8 Å². The zero-order valence-electron chi connectivity index (χ0n) is 20.1. The van der Waals surface area contributed by atoms with Crippen molar-refractivity contribution >= 4 is 28.5 Å². The van der Waals surface area contributed by atoms with Crippen LogP contribution in [0, 0.1) is 19.8 Å². The van der Waals surface area contributed by atoms with Crippen molar-refractivity contribution in [2.75, 3.05) is 12.4 Å². The lowest BCUT2D eigenvalue weighted by Gasteiger charge is -2.14. The molecule has 1 aromatic heterocycles. The van der Waals surface area contributed by atoms with Crippen LogP contribution in [0.1, 0.15) is 28.4 Å². The summed E-state index contributed by atoms with van der Waals surface area (Å²) in [6.45, 7) is 7.68. The average molecular weight is 465 g/mol. The van der Waals surface area contributed by atoms with Gasteiger partial charge in [0.25, 0.3) is 0 Å². The van der Waals surface area contributed by atoms with Crippen molar-refractivity contribution in [3.05, 3.63) is 90.0 Å². The van der Waals surface area contributed by atoms with Crippen LogP contribution in [0.4, 0.5) is 5.69 Å². The fourth-order valence-electron chi connectivity index (χ4n) is 4.11. The average Bonchev–Trinajstić information content (AvgIpc) is 3.36. The Kier molecular flexibility index (Phi) is 7.91. The molecule has 2 N–H and O–H groups in total. The fourth-order valence-corrected chi connectivity index (χ4v) is 4.11. The van der Waals surface area contributed by atoms with Gasteiger partial charge in [-0.25, -0.2) is 4.79 Å². The van der Waals surface area contributed by atoms with E-state index in [0.29, 0.717) is 5.56 Å². The van der Waals surface area contributed by atoms with Crippen LogP contribution in [0.3, 0.4) is 0 Å². The fraction of sp³-hybridized carbons (Fsp3) is 0.133. The maximum Gasteiger partial charge on any atom is 0.337 e. The number of nitrogens with one attached hydrogen (secondary N) is 2. The van der Waals surface area contributed by atoms with Gasteiger partial charge in [0.2, 0.25) is 5.91 Å². The topological polar surface area (TPSA) is 71.2 Å². The van der Waals surface area contributed by atoms with Crippen LogP contribution in [0.2, 0.25) is 0 Å². The number of hydrogen-bond acceptors (Lipinski definition) is 3. The molecule has 5 heteroatoms. The molecule has 0 aliphatic carbocycles. The summed E-state index contributed by atoms with van der Waals surface area (Å²) in [5.41, 5.74) is 8.66.